The van der Waals surface area contributed by atoms with Gasteiger partial charge in [-0.05, 0) is 30.3 Å². The van der Waals surface area contributed by atoms with Gasteiger partial charge < -0.3 is 15.4 Å². The molecule has 0 heterocycles. The zero-order chi connectivity index (χ0) is 14.7. The Morgan fingerprint density at radius 3 is 2.60 bits per heavy atom. The van der Waals surface area contributed by atoms with Crippen molar-refractivity contribution in [3.05, 3.63) is 53.8 Å². The highest BCUT2D eigenvalue weighted by Gasteiger charge is 2.11. The van der Waals surface area contributed by atoms with E-state index >= 15 is 0 Å². The summed E-state index contributed by atoms with van der Waals surface area (Å²) in [6.45, 7) is 0. The van der Waals surface area contributed by atoms with Gasteiger partial charge in [0.05, 0.1) is 5.69 Å². The van der Waals surface area contributed by atoms with Crippen LogP contribution < -0.4 is 10.5 Å². The fourth-order valence-electron chi connectivity index (χ4n) is 1.67. The number of amides is 1. The zero-order valence-electron chi connectivity index (χ0n) is 11.3. The molecule has 0 aliphatic heterocycles. The number of ether oxygens (including phenoxy) is 1. The molecule has 0 saturated heterocycles. The summed E-state index contributed by atoms with van der Waals surface area (Å²) in [7, 11) is 3.32. The Balaban J connectivity index is 2.32. The van der Waals surface area contributed by atoms with Gasteiger partial charge in [-0.2, -0.15) is 0 Å². The van der Waals surface area contributed by atoms with Crippen LogP contribution in [0.4, 0.5) is 10.1 Å². The maximum absolute atomic E-state index is 13.1. The van der Waals surface area contributed by atoms with Gasteiger partial charge in [-0.25, -0.2) is 4.39 Å². The molecule has 20 heavy (non-hydrogen) atoms. The summed E-state index contributed by atoms with van der Waals surface area (Å²) in [5.41, 5.74) is 6.64. The number of nitrogens with zero attached hydrogens (tertiary/aromatic N) is 1. The fourth-order valence-corrected chi connectivity index (χ4v) is 1.67. The van der Waals surface area contributed by atoms with Crippen molar-refractivity contribution in [2.45, 2.75) is 0 Å². The van der Waals surface area contributed by atoms with E-state index in [-0.39, 0.29) is 5.91 Å². The van der Waals surface area contributed by atoms with Crippen molar-refractivity contribution >= 4 is 11.6 Å². The summed E-state index contributed by atoms with van der Waals surface area (Å²) in [5, 5.41) is 0. The highest BCUT2D eigenvalue weighted by Crippen LogP contribution is 2.29. The lowest BCUT2D eigenvalue weighted by molar-refractivity contribution is 0.0827. The van der Waals surface area contributed by atoms with E-state index in [0.717, 1.165) is 0 Å². The molecule has 0 saturated carbocycles. The van der Waals surface area contributed by atoms with E-state index in [4.69, 9.17) is 10.5 Å². The van der Waals surface area contributed by atoms with Gasteiger partial charge in [0.15, 0.2) is 5.75 Å². The third kappa shape index (κ3) is 3.06. The SMILES string of the molecule is CN(C)C(=O)c1ccc(N)c(Oc2cccc(F)c2)c1. The number of hydrogen-bond acceptors (Lipinski definition) is 3. The summed E-state index contributed by atoms with van der Waals surface area (Å²) in [6, 6.07) is 10.5. The highest BCUT2D eigenvalue weighted by molar-refractivity contribution is 5.94. The molecule has 0 unspecified atom stereocenters. The van der Waals surface area contributed by atoms with Crippen LogP contribution >= 0.6 is 0 Å². The van der Waals surface area contributed by atoms with Crippen LogP contribution in [-0.4, -0.2) is 24.9 Å². The monoisotopic (exact) mass is 274 g/mol. The van der Waals surface area contributed by atoms with Crippen LogP contribution in [0.3, 0.4) is 0 Å². The Morgan fingerprint density at radius 2 is 1.95 bits per heavy atom. The first-order chi connectivity index (χ1) is 9.47. The van der Waals surface area contributed by atoms with E-state index in [9.17, 15) is 9.18 Å². The number of hydrogen-bond donors (Lipinski definition) is 1. The van der Waals surface area contributed by atoms with Crippen LogP contribution in [0.1, 0.15) is 10.4 Å². The lowest BCUT2D eigenvalue weighted by Crippen LogP contribution is -2.21. The number of rotatable bonds is 3. The van der Waals surface area contributed by atoms with Crippen LogP contribution in [0.25, 0.3) is 0 Å². The van der Waals surface area contributed by atoms with Gasteiger partial charge in [-0.15, -0.1) is 0 Å². The predicted octanol–water partition coefficient (Wildman–Crippen LogP) is 2.90. The van der Waals surface area contributed by atoms with Crippen LogP contribution in [0, 0.1) is 5.82 Å². The molecular weight excluding hydrogens is 259 g/mol. The Hall–Kier alpha value is -2.56. The minimum absolute atomic E-state index is 0.158. The third-order valence-electron chi connectivity index (χ3n) is 2.69. The van der Waals surface area contributed by atoms with E-state index in [1.54, 1.807) is 38.4 Å². The Bertz CT molecular complexity index is 642. The standard InChI is InChI=1S/C15H15FN2O2/c1-18(2)15(19)10-6-7-13(17)14(8-10)20-12-5-3-4-11(16)9-12/h3-9H,17H2,1-2H3. The van der Waals surface area contributed by atoms with E-state index in [0.29, 0.717) is 22.7 Å². The highest BCUT2D eigenvalue weighted by atomic mass is 19.1. The molecule has 4 nitrogen and oxygen atoms in total. The number of anilines is 1. The van der Waals surface area contributed by atoms with E-state index < -0.39 is 5.82 Å². The molecule has 0 atom stereocenters. The van der Waals surface area contributed by atoms with Crippen LogP contribution in [0.5, 0.6) is 11.5 Å². The summed E-state index contributed by atoms with van der Waals surface area (Å²) < 4.78 is 18.6. The van der Waals surface area contributed by atoms with E-state index in [1.165, 1.54) is 23.1 Å². The van der Waals surface area contributed by atoms with Crippen molar-refractivity contribution in [3.8, 4) is 11.5 Å². The van der Waals surface area contributed by atoms with Gasteiger partial charge in [0.25, 0.3) is 5.91 Å². The van der Waals surface area contributed by atoms with Crippen molar-refractivity contribution in [1.29, 1.82) is 0 Å². The Kier molecular flexibility index (Phi) is 3.89. The van der Waals surface area contributed by atoms with Crippen LogP contribution in [0.15, 0.2) is 42.5 Å². The molecule has 0 aliphatic carbocycles. The molecule has 0 aromatic heterocycles. The average molecular weight is 274 g/mol. The summed E-state index contributed by atoms with van der Waals surface area (Å²) in [5.74, 6) is 0.0881. The zero-order valence-corrected chi connectivity index (χ0v) is 11.3. The summed E-state index contributed by atoms with van der Waals surface area (Å²) >= 11 is 0. The van der Waals surface area contributed by atoms with Gasteiger partial charge in [-0.3, -0.25) is 4.79 Å². The Labute approximate surface area is 116 Å². The quantitative estimate of drug-likeness (QED) is 0.875. The summed E-state index contributed by atoms with van der Waals surface area (Å²) in [6.07, 6.45) is 0. The first-order valence-corrected chi connectivity index (χ1v) is 6.02. The van der Waals surface area contributed by atoms with Crippen molar-refractivity contribution in [2.24, 2.45) is 0 Å². The third-order valence-corrected chi connectivity index (χ3v) is 2.69. The molecule has 2 N–H and O–H groups in total. The second-order valence-electron chi connectivity index (χ2n) is 4.51. The van der Waals surface area contributed by atoms with Gasteiger partial charge >= 0.3 is 0 Å². The number of benzene rings is 2. The number of carbonyl (C=O) groups excluding carboxylic acids is 1. The number of halogens is 1. The lowest BCUT2D eigenvalue weighted by Gasteiger charge is -2.13. The van der Waals surface area contributed by atoms with E-state index in [2.05, 4.69) is 0 Å². The minimum Gasteiger partial charge on any atom is -0.455 e. The number of carbonyl (C=O) groups is 1. The molecule has 104 valence electrons. The topological polar surface area (TPSA) is 55.6 Å². The van der Waals surface area contributed by atoms with Gasteiger partial charge in [0.1, 0.15) is 11.6 Å². The molecule has 2 rings (SSSR count). The van der Waals surface area contributed by atoms with Crippen molar-refractivity contribution < 1.29 is 13.9 Å². The molecule has 0 radical (unpaired) electrons. The van der Waals surface area contributed by atoms with Crippen LogP contribution in [0.2, 0.25) is 0 Å². The second kappa shape index (κ2) is 5.61. The number of nitrogen functional groups attached to an aromatic ring is 1. The smallest absolute Gasteiger partial charge is 0.253 e. The molecule has 2 aromatic rings. The molecular formula is C15H15FN2O2. The van der Waals surface area contributed by atoms with Gasteiger partial charge in [0, 0.05) is 25.7 Å². The first kappa shape index (κ1) is 13.9. The normalized spacial score (nSPS) is 10.2. The molecule has 2 aromatic carbocycles. The van der Waals surface area contributed by atoms with Gasteiger partial charge in [0.2, 0.25) is 0 Å². The van der Waals surface area contributed by atoms with Gasteiger partial charge in [-0.1, -0.05) is 6.07 Å². The molecule has 5 heteroatoms. The molecule has 1 amide bonds. The molecule has 0 fully saturated rings. The molecule has 0 aliphatic rings. The van der Waals surface area contributed by atoms with Crippen molar-refractivity contribution in [3.63, 3.8) is 0 Å². The fraction of sp³-hybridized carbons (Fsp3) is 0.133. The minimum atomic E-state index is -0.401. The summed E-state index contributed by atoms with van der Waals surface area (Å²) in [4.78, 5) is 13.3. The van der Waals surface area contributed by atoms with Crippen molar-refractivity contribution in [1.82, 2.24) is 4.90 Å². The number of nitrogens with two attached hydrogens (primary N) is 1. The van der Waals surface area contributed by atoms with Crippen LogP contribution in [-0.2, 0) is 0 Å². The maximum Gasteiger partial charge on any atom is 0.253 e. The largest absolute Gasteiger partial charge is 0.455 e. The first-order valence-electron chi connectivity index (χ1n) is 6.02. The lowest BCUT2D eigenvalue weighted by atomic mass is 10.1. The predicted molar refractivity (Wildman–Crippen MR) is 75.3 cm³/mol. The van der Waals surface area contributed by atoms with Crippen molar-refractivity contribution in [2.75, 3.05) is 19.8 Å². The molecule has 0 spiro atoms. The maximum atomic E-state index is 13.1. The second-order valence-corrected chi connectivity index (χ2v) is 4.51. The average Bonchev–Trinajstić information content (AvgIpc) is 2.40. The Morgan fingerprint density at radius 1 is 1.20 bits per heavy atom. The van der Waals surface area contributed by atoms with E-state index in [1.807, 2.05) is 0 Å². The molecule has 0 bridgehead atoms.